The normalized spacial score (nSPS) is 12.5. The van der Waals surface area contributed by atoms with Crippen LogP contribution in [0.25, 0.3) is 11.3 Å². The molecule has 2 aromatic carbocycles. The standard InChI is InChI=1S/C21H21F2N5O2/c1-12-9-15(5-8-17(12)23)20(30)26-21(24-13(2)11-29)25-19-10-18(27-28-19)14-3-6-16(22)7-4-14/h3-10,13,29H,11H2,1-2H3,(H3,24,25,26,27,28,30)/t13-/m0/s1. The first-order valence-corrected chi connectivity index (χ1v) is 9.20. The Morgan fingerprint density at radius 1 is 1.20 bits per heavy atom. The van der Waals surface area contributed by atoms with Crippen LogP contribution in [0.3, 0.4) is 0 Å². The van der Waals surface area contributed by atoms with E-state index in [-0.39, 0.29) is 23.9 Å². The van der Waals surface area contributed by atoms with Gasteiger partial charge in [-0.25, -0.2) is 8.78 Å². The number of guanidine groups is 1. The molecule has 1 heterocycles. The van der Waals surface area contributed by atoms with Gasteiger partial charge in [0.25, 0.3) is 5.91 Å². The number of nitrogens with one attached hydrogen (secondary N) is 3. The zero-order valence-electron chi connectivity index (χ0n) is 16.4. The molecule has 156 valence electrons. The average molecular weight is 413 g/mol. The molecule has 0 saturated heterocycles. The fourth-order valence-electron chi connectivity index (χ4n) is 2.60. The highest BCUT2D eigenvalue weighted by Gasteiger charge is 2.13. The van der Waals surface area contributed by atoms with Crippen LogP contribution in [0.2, 0.25) is 0 Å². The van der Waals surface area contributed by atoms with Gasteiger partial charge in [0.15, 0.2) is 0 Å². The molecule has 1 aromatic heterocycles. The maximum Gasteiger partial charge on any atom is 0.280 e. The van der Waals surface area contributed by atoms with Crippen molar-refractivity contribution in [3.8, 4) is 11.3 Å². The van der Waals surface area contributed by atoms with Crippen molar-refractivity contribution in [3.63, 3.8) is 0 Å². The summed E-state index contributed by atoms with van der Waals surface area (Å²) < 4.78 is 26.6. The first kappa shape index (κ1) is 21.1. The number of nitrogens with zero attached hydrogens (tertiary/aromatic N) is 2. The number of hydrogen-bond acceptors (Lipinski definition) is 3. The molecule has 0 aliphatic carbocycles. The molecule has 9 heteroatoms. The topological polar surface area (TPSA) is 102 Å². The number of halogens is 2. The number of hydrogen-bond donors (Lipinski definition) is 4. The summed E-state index contributed by atoms with van der Waals surface area (Å²) in [6.45, 7) is 3.08. The molecule has 0 aliphatic rings. The summed E-state index contributed by atoms with van der Waals surface area (Å²) in [5.41, 5.74) is 1.82. The zero-order chi connectivity index (χ0) is 21.7. The van der Waals surface area contributed by atoms with E-state index in [1.807, 2.05) is 0 Å². The molecular formula is C21H21F2N5O2. The molecule has 0 fully saturated rings. The third-order valence-corrected chi connectivity index (χ3v) is 4.25. The Hall–Kier alpha value is -3.59. The van der Waals surface area contributed by atoms with E-state index in [1.54, 1.807) is 32.0 Å². The molecule has 0 unspecified atom stereocenters. The number of aryl methyl sites for hydroxylation is 1. The summed E-state index contributed by atoms with van der Waals surface area (Å²) in [5.74, 6) is -0.839. The first-order valence-electron chi connectivity index (χ1n) is 9.20. The Kier molecular flexibility index (Phi) is 6.53. The van der Waals surface area contributed by atoms with Crippen molar-refractivity contribution in [2.24, 2.45) is 4.99 Å². The Morgan fingerprint density at radius 2 is 1.93 bits per heavy atom. The Labute approximate surface area is 171 Å². The minimum absolute atomic E-state index is 0.0813. The lowest BCUT2D eigenvalue weighted by molar-refractivity contribution is 0.100. The lowest BCUT2D eigenvalue weighted by atomic mass is 10.1. The van der Waals surface area contributed by atoms with Crippen molar-refractivity contribution in [1.82, 2.24) is 15.5 Å². The van der Waals surface area contributed by atoms with Gasteiger partial charge in [-0.1, -0.05) is 0 Å². The van der Waals surface area contributed by atoms with Crippen molar-refractivity contribution in [1.29, 1.82) is 0 Å². The van der Waals surface area contributed by atoms with Crippen molar-refractivity contribution in [3.05, 3.63) is 71.3 Å². The molecule has 30 heavy (non-hydrogen) atoms. The molecule has 7 nitrogen and oxygen atoms in total. The van der Waals surface area contributed by atoms with Crippen LogP contribution in [-0.2, 0) is 0 Å². The van der Waals surface area contributed by atoms with Gasteiger partial charge in [-0.2, -0.15) is 10.1 Å². The van der Waals surface area contributed by atoms with Gasteiger partial charge in [0.1, 0.15) is 17.5 Å². The van der Waals surface area contributed by atoms with Crippen LogP contribution in [0.15, 0.2) is 53.5 Å². The van der Waals surface area contributed by atoms with Gasteiger partial charge in [0, 0.05) is 23.2 Å². The van der Waals surface area contributed by atoms with Gasteiger partial charge >= 0.3 is 0 Å². The van der Waals surface area contributed by atoms with Gasteiger partial charge < -0.3 is 15.7 Å². The van der Waals surface area contributed by atoms with Crippen LogP contribution in [-0.4, -0.2) is 39.8 Å². The number of aromatic amines is 1. The highest BCUT2D eigenvalue weighted by molar-refractivity contribution is 6.06. The average Bonchev–Trinajstić information content (AvgIpc) is 3.18. The minimum Gasteiger partial charge on any atom is -0.394 e. The molecule has 1 amide bonds. The molecule has 0 bridgehead atoms. The van der Waals surface area contributed by atoms with Gasteiger partial charge in [-0.3, -0.25) is 9.89 Å². The summed E-state index contributed by atoms with van der Waals surface area (Å²) in [6, 6.07) is 11.1. The molecule has 4 N–H and O–H groups in total. The number of H-pyrrole nitrogens is 1. The molecule has 3 rings (SSSR count). The van der Waals surface area contributed by atoms with Gasteiger partial charge in [-0.15, -0.1) is 0 Å². The molecule has 3 aromatic rings. The lowest BCUT2D eigenvalue weighted by Gasteiger charge is -2.15. The number of carbonyl (C=O) groups is 1. The summed E-state index contributed by atoms with van der Waals surface area (Å²) in [7, 11) is 0. The van der Waals surface area contributed by atoms with Crippen molar-refractivity contribution in [2.75, 3.05) is 11.9 Å². The second kappa shape index (κ2) is 9.27. The van der Waals surface area contributed by atoms with Gasteiger partial charge in [-0.05, 0) is 61.9 Å². The van der Waals surface area contributed by atoms with E-state index in [4.69, 9.17) is 0 Å². The maximum atomic E-state index is 13.5. The van der Waals surface area contributed by atoms with Crippen LogP contribution >= 0.6 is 0 Å². The van der Waals surface area contributed by atoms with Crippen LogP contribution in [0.5, 0.6) is 0 Å². The van der Waals surface area contributed by atoms with E-state index in [0.29, 0.717) is 22.6 Å². The number of aromatic nitrogens is 2. The number of aliphatic hydroxyl groups is 1. The number of amides is 1. The van der Waals surface area contributed by atoms with Gasteiger partial charge in [0.05, 0.1) is 12.3 Å². The van der Waals surface area contributed by atoms with Crippen molar-refractivity contribution < 1.29 is 18.7 Å². The van der Waals surface area contributed by atoms with E-state index >= 15 is 0 Å². The van der Waals surface area contributed by atoms with E-state index in [0.717, 1.165) is 0 Å². The fraction of sp³-hybridized carbons (Fsp3) is 0.190. The largest absolute Gasteiger partial charge is 0.394 e. The van der Waals surface area contributed by atoms with Crippen LogP contribution in [0.4, 0.5) is 14.6 Å². The molecular weight excluding hydrogens is 392 g/mol. The van der Waals surface area contributed by atoms with Crippen LogP contribution < -0.4 is 10.6 Å². The van der Waals surface area contributed by atoms with E-state index < -0.39 is 17.8 Å². The predicted octanol–water partition coefficient (Wildman–Crippen LogP) is 3.24. The smallest absolute Gasteiger partial charge is 0.280 e. The number of aliphatic imine (C=N–C) groups is 1. The maximum absolute atomic E-state index is 13.5. The minimum atomic E-state index is -0.587. The summed E-state index contributed by atoms with van der Waals surface area (Å²) in [5, 5.41) is 22.1. The summed E-state index contributed by atoms with van der Waals surface area (Å²) in [4.78, 5) is 16.5. The number of benzene rings is 2. The zero-order valence-corrected chi connectivity index (χ0v) is 16.4. The number of carbonyl (C=O) groups excluding carboxylic acids is 1. The second-order valence-electron chi connectivity index (χ2n) is 6.76. The van der Waals surface area contributed by atoms with Crippen molar-refractivity contribution >= 4 is 17.7 Å². The summed E-state index contributed by atoms with van der Waals surface area (Å²) >= 11 is 0. The van der Waals surface area contributed by atoms with Crippen LogP contribution in [0.1, 0.15) is 22.8 Å². The Bertz CT molecular complexity index is 1060. The molecule has 0 aliphatic heterocycles. The van der Waals surface area contributed by atoms with E-state index in [9.17, 15) is 18.7 Å². The molecule has 0 radical (unpaired) electrons. The van der Waals surface area contributed by atoms with Gasteiger partial charge in [0.2, 0.25) is 5.96 Å². The van der Waals surface area contributed by atoms with Crippen LogP contribution in [0, 0.1) is 18.6 Å². The van der Waals surface area contributed by atoms with Crippen molar-refractivity contribution in [2.45, 2.75) is 19.9 Å². The monoisotopic (exact) mass is 413 g/mol. The SMILES string of the molecule is Cc1cc(C(=O)/N=C(\Nc2cc(-c3ccc(F)cc3)n[nH]2)N[C@@H](C)CO)ccc1F. The Balaban J connectivity index is 1.83. The van der Waals surface area contributed by atoms with E-state index in [2.05, 4.69) is 25.8 Å². The third kappa shape index (κ3) is 5.26. The second-order valence-corrected chi connectivity index (χ2v) is 6.76. The first-order chi connectivity index (χ1) is 14.4. The number of rotatable bonds is 5. The Morgan fingerprint density at radius 3 is 2.60 bits per heavy atom. The molecule has 1 atom stereocenters. The third-order valence-electron chi connectivity index (χ3n) is 4.25. The highest BCUT2D eigenvalue weighted by Crippen LogP contribution is 2.20. The fourth-order valence-corrected chi connectivity index (χ4v) is 2.60. The number of anilines is 1. The lowest BCUT2D eigenvalue weighted by Crippen LogP contribution is -2.40. The number of aliphatic hydroxyl groups excluding tert-OH is 1. The predicted molar refractivity (Wildman–Crippen MR) is 110 cm³/mol. The molecule has 0 spiro atoms. The molecule has 0 saturated carbocycles. The quantitative estimate of drug-likeness (QED) is 0.380. The van der Waals surface area contributed by atoms with E-state index in [1.165, 1.54) is 30.3 Å². The highest BCUT2D eigenvalue weighted by atomic mass is 19.1. The summed E-state index contributed by atoms with van der Waals surface area (Å²) in [6.07, 6.45) is 0.